The highest BCUT2D eigenvalue weighted by Gasteiger charge is 2.15. The number of amides is 2. The fourth-order valence-electron chi connectivity index (χ4n) is 2.24. The van der Waals surface area contributed by atoms with Crippen LogP contribution in [-0.2, 0) is 0 Å². The number of rotatable bonds is 5. The van der Waals surface area contributed by atoms with Gasteiger partial charge in [-0.15, -0.1) is 21.5 Å². The quantitative estimate of drug-likeness (QED) is 0.522. The number of hydrogen-bond donors (Lipinski definition) is 2. The fraction of sp³-hybridized carbons (Fsp3) is 0. The zero-order valence-corrected chi connectivity index (χ0v) is 15.3. The molecule has 3 heterocycles. The Labute approximate surface area is 161 Å². The van der Waals surface area contributed by atoms with Gasteiger partial charge in [-0.1, -0.05) is 41.7 Å². The van der Waals surface area contributed by atoms with Gasteiger partial charge in [0.25, 0.3) is 11.8 Å². The van der Waals surface area contributed by atoms with Crippen LogP contribution in [0.15, 0.2) is 65.3 Å². The van der Waals surface area contributed by atoms with Crippen molar-refractivity contribution >= 4 is 44.6 Å². The van der Waals surface area contributed by atoms with Crippen molar-refractivity contribution in [3.8, 4) is 10.6 Å². The summed E-state index contributed by atoms with van der Waals surface area (Å²) in [6.45, 7) is 0. The lowest BCUT2D eigenvalue weighted by molar-refractivity contribution is 0.0995. The smallest absolute Gasteiger partial charge is 0.291 e. The molecule has 0 unspecified atom stereocenters. The first-order valence-corrected chi connectivity index (χ1v) is 9.47. The third kappa shape index (κ3) is 3.94. The number of benzene rings is 1. The van der Waals surface area contributed by atoms with Gasteiger partial charge in [0.1, 0.15) is 5.01 Å². The van der Waals surface area contributed by atoms with Crippen molar-refractivity contribution in [1.29, 1.82) is 0 Å². The standard InChI is InChI=1S/C18H12N4O3S2/c23-15(12-7-4-10-25-12)19-14-9-8-13(26-14)16(24)20-18-22-21-17(27-18)11-5-2-1-3-6-11/h1-10H,(H,19,23)(H,20,22,24). The Morgan fingerprint density at radius 3 is 2.48 bits per heavy atom. The van der Waals surface area contributed by atoms with Crippen LogP contribution in [0, 0.1) is 0 Å². The van der Waals surface area contributed by atoms with Crippen LogP contribution in [0.25, 0.3) is 10.6 Å². The molecule has 2 amide bonds. The van der Waals surface area contributed by atoms with E-state index in [4.69, 9.17) is 4.42 Å². The van der Waals surface area contributed by atoms with E-state index >= 15 is 0 Å². The van der Waals surface area contributed by atoms with E-state index in [0.29, 0.717) is 15.0 Å². The first-order chi connectivity index (χ1) is 13.2. The summed E-state index contributed by atoms with van der Waals surface area (Å²) >= 11 is 2.45. The first kappa shape index (κ1) is 17.1. The number of aromatic nitrogens is 2. The van der Waals surface area contributed by atoms with Crippen LogP contribution in [0.5, 0.6) is 0 Å². The van der Waals surface area contributed by atoms with E-state index in [1.807, 2.05) is 30.3 Å². The summed E-state index contributed by atoms with van der Waals surface area (Å²) in [6.07, 6.45) is 1.42. The van der Waals surface area contributed by atoms with E-state index in [-0.39, 0.29) is 17.6 Å². The molecular weight excluding hydrogens is 384 g/mol. The monoisotopic (exact) mass is 396 g/mol. The van der Waals surface area contributed by atoms with Crippen molar-refractivity contribution in [1.82, 2.24) is 10.2 Å². The van der Waals surface area contributed by atoms with Crippen LogP contribution < -0.4 is 10.6 Å². The van der Waals surface area contributed by atoms with Gasteiger partial charge in [0, 0.05) is 5.56 Å². The van der Waals surface area contributed by atoms with Gasteiger partial charge in [-0.3, -0.25) is 14.9 Å². The lowest BCUT2D eigenvalue weighted by atomic mass is 10.2. The van der Waals surface area contributed by atoms with Crippen molar-refractivity contribution in [2.45, 2.75) is 0 Å². The summed E-state index contributed by atoms with van der Waals surface area (Å²) < 4.78 is 5.04. The molecule has 3 aromatic heterocycles. The number of thiophene rings is 1. The molecule has 0 radical (unpaired) electrons. The number of hydrogen-bond acceptors (Lipinski definition) is 7. The van der Waals surface area contributed by atoms with Crippen molar-refractivity contribution < 1.29 is 14.0 Å². The van der Waals surface area contributed by atoms with E-state index in [2.05, 4.69) is 20.8 Å². The summed E-state index contributed by atoms with van der Waals surface area (Å²) in [4.78, 5) is 24.8. The molecule has 134 valence electrons. The van der Waals surface area contributed by atoms with Gasteiger partial charge in [-0.2, -0.15) is 0 Å². The molecular formula is C18H12N4O3S2. The topological polar surface area (TPSA) is 97.1 Å². The molecule has 0 aliphatic rings. The largest absolute Gasteiger partial charge is 0.459 e. The van der Waals surface area contributed by atoms with Crippen LogP contribution in [0.2, 0.25) is 0 Å². The fourth-order valence-corrected chi connectivity index (χ4v) is 3.78. The van der Waals surface area contributed by atoms with Gasteiger partial charge in [-0.25, -0.2) is 0 Å². The molecule has 0 aliphatic carbocycles. The summed E-state index contributed by atoms with van der Waals surface area (Å²) in [5.41, 5.74) is 0.939. The average Bonchev–Trinajstić information content (AvgIpc) is 3.44. The van der Waals surface area contributed by atoms with Gasteiger partial charge < -0.3 is 9.73 Å². The van der Waals surface area contributed by atoms with Gasteiger partial charge in [0.15, 0.2) is 5.76 Å². The molecule has 2 N–H and O–H groups in total. The Morgan fingerprint density at radius 1 is 0.852 bits per heavy atom. The van der Waals surface area contributed by atoms with Crippen molar-refractivity contribution in [2.75, 3.05) is 10.6 Å². The lowest BCUT2D eigenvalue weighted by Crippen LogP contribution is -2.10. The summed E-state index contributed by atoms with van der Waals surface area (Å²) in [5, 5.41) is 15.2. The lowest BCUT2D eigenvalue weighted by Gasteiger charge is -1.99. The van der Waals surface area contributed by atoms with E-state index < -0.39 is 0 Å². The van der Waals surface area contributed by atoms with E-state index in [1.165, 1.54) is 17.6 Å². The predicted molar refractivity (Wildman–Crippen MR) is 104 cm³/mol. The predicted octanol–water partition coefficient (Wildman–Crippen LogP) is 4.36. The molecule has 0 bridgehead atoms. The van der Waals surface area contributed by atoms with Crippen LogP contribution in [0.3, 0.4) is 0 Å². The van der Waals surface area contributed by atoms with Crippen LogP contribution >= 0.6 is 22.7 Å². The molecule has 0 atom stereocenters. The summed E-state index contributed by atoms with van der Waals surface area (Å²) in [6, 6.07) is 16.1. The molecule has 27 heavy (non-hydrogen) atoms. The number of carbonyl (C=O) groups is 2. The Morgan fingerprint density at radius 2 is 1.70 bits per heavy atom. The molecule has 4 rings (SSSR count). The molecule has 4 aromatic rings. The number of carbonyl (C=O) groups excluding carboxylic acids is 2. The number of nitrogens with one attached hydrogen (secondary N) is 2. The molecule has 0 fully saturated rings. The Bertz CT molecular complexity index is 1070. The van der Waals surface area contributed by atoms with Gasteiger partial charge >= 0.3 is 0 Å². The second-order valence-corrected chi connectivity index (χ2v) is 7.39. The maximum absolute atomic E-state index is 12.4. The third-order valence-electron chi connectivity index (χ3n) is 3.48. The van der Waals surface area contributed by atoms with Gasteiger partial charge in [-0.05, 0) is 24.3 Å². The normalized spacial score (nSPS) is 10.5. The number of furan rings is 1. The van der Waals surface area contributed by atoms with Crippen LogP contribution in [0.1, 0.15) is 20.2 Å². The van der Waals surface area contributed by atoms with Crippen molar-refractivity contribution in [3.63, 3.8) is 0 Å². The highest BCUT2D eigenvalue weighted by molar-refractivity contribution is 7.19. The molecule has 7 nitrogen and oxygen atoms in total. The minimum atomic E-state index is -0.370. The minimum absolute atomic E-state index is 0.205. The highest BCUT2D eigenvalue weighted by Crippen LogP contribution is 2.28. The number of nitrogens with zero attached hydrogens (tertiary/aromatic N) is 2. The van der Waals surface area contributed by atoms with Gasteiger partial charge in [0.2, 0.25) is 5.13 Å². The maximum atomic E-state index is 12.4. The SMILES string of the molecule is O=C(Nc1ccc(C(=O)Nc2nnc(-c3ccccc3)s2)s1)c1ccco1. The average molecular weight is 396 g/mol. The Balaban J connectivity index is 1.41. The summed E-state index contributed by atoms with van der Waals surface area (Å²) in [7, 11) is 0. The van der Waals surface area contributed by atoms with E-state index in [0.717, 1.165) is 21.9 Å². The van der Waals surface area contributed by atoms with Crippen molar-refractivity contribution in [2.24, 2.45) is 0 Å². The minimum Gasteiger partial charge on any atom is -0.459 e. The Kier molecular flexibility index (Phi) is 4.77. The second-order valence-electron chi connectivity index (χ2n) is 5.33. The Hall–Kier alpha value is -3.30. The molecule has 9 heteroatoms. The maximum Gasteiger partial charge on any atom is 0.291 e. The molecule has 0 saturated heterocycles. The van der Waals surface area contributed by atoms with Crippen LogP contribution in [0.4, 0.5) is 10.1 Å². The molecule has 0 saturated carbocycles. The zero-order valence-electron chi connectivity index (χ0n) is 13.7. The molecule has 0 spiro atoms. The van der Waals surface area contributed by atoms with Crippen molar-refractivity contribution in [3.05, 3.63) is 71.5 Å². The molecule has 0 aliphatic heterocycles. The van der Waals surface area contributed by atoms with Crippen LogP contribution in [-0.4, -0.2) is 22.0 Å². The highest BCUT2D eigenvalue weighted by atomic mass is 32.1. The third-order valence-corrected chi connectivity index (χ3v) is 5.36. The first-order valence-electron chi connectivity index (χ1n) is 7.84. The van der Waals surface area contributed by atoms with E-state index in [1.54, 1.807) is 24.3 Å². The number of anilines is 2. The van der Waals surface area contributed by atoms with Gasteiger partial charge in [0.05, 0.1) is 16.1 Å². The summed E-state index contributed by atoms with van der Waals surface area (Å²) in [5.74, 6) is -0.476. The second kappa shape index (κ2) is 7.52. The zero-order chi connectivity index (χ0) is 18.6. The molecule has 1 aromatic carbocycles. The van der Waals surface area contributed by atoms with E-state index in [9.17, 15) is 9.59 Å².